The zero-order valence-corrected chi connectivity index (χ0v) is 8.35. The van der Waals surface area contributed by atoms with E-state index in [1.54, 1.807) is 6.20 Å². The zero-order valence-electron chi connectivity index (χ0n) is 7.53. The quantitative estimate of drug-likeness (QED) is 0.801. The lowest BCUT2D eigenvalue weighted by atomic mass is 10.2. The van der Waals surface area contributed by atoms with Crippen LogP contribution in [-0.4, -0.2) is 22.7 Å². The molecule has 72 valence electrons. The molecule has 0 spiro atoms. The first-order valence-corrected chi connectivity index (χ1v) is 5.81. The summed E-state index contributed by atoms with van der Waals surface area (Å²) >= 11 is 2.03. The average Bonchev–Trinajstić information content (AvgIpc) is 2.69. The van der Waals surface area contributed by atoms with Crippen molar-refractivity contribution in [3.8, 4) is 0 Å². The number of nitrogens with zero attached hydrogens (tertiary/aromatic N) is 1. The van der Waals surface area contributed by atoms with Crippen LogP contribution in [0.5, 0.6) is 0 Å². The summed E-state index contributed by atoms with van der Waals surface area (Å²) in [5, 5.41) is 7.14. The van der Waals surface area contributed by atoms with E-state index in [0.29, 0.717) is 6.04 Å². The van der Waals surface area contributed by atoms with Gasteiger partial charge in [-0.15, -0.1) is 0 Å². The monoisotopic (exact) mass is 198 g/mol. The summed E-state index contributed by atoms with van der Waals surface area (Å²) in [7, 11) is 0. The summed E-state index contributed by atoms with van der Waals surface area (Å²) in [5.74, 6) is 3.48. The van der Waals surface area contributed by atoms with Crippen LogP contribution in [0.2, 0.25) is 0 Å². The third kappa shape index (κ3) is 2.74. The third-order valence-electron chi connectivity index (χ3n) is 2.22. The van der Waals surface area contributed by atoms with Gasteiger partial charge in [0.05, 0.1) is 12.7 Å². The normalized spacial score (nSPS) is 23.2. The Labute approximate surface area is 82.3 Å². The molecule has 1 aromatic heterocycles. The van der Waals surface area contributed by atoms with Crippen molar-refractivity contribution < 1.29 is 4.52 Å². The molecule has 1 unspecified atom stereocenters. The molecule has 1 aliphatic heterocycles. The van der Waals surface area contributed by atoms with Gasteiger partial charge >= 0.3 is 0 Å². The first-order valence-electron chi connectivity index (χ1n) is 4.66. The summed E-state index contributed by atoms with van der Waals surface area (Å²) in [4.78, 5) is 0. The van der Waals surface area contributed by atoms with E-state index in [1.807, 2.05) is 17.8 Å². The average molecular weight is 198 g/mol. The molecule has 0 aliphatic carbocycles. The van der Waals surface area contributed by atoms with Crippen molar-refractivity contribution in [2.75, 3.05) is 11.5 Å². The molecule has 1 aromatic rings. The van der Waals surface area contributed by atoms with E-state index >= 15 is 0 Å². The van der Waals surface area contributed by atoms with Crippen LogP contribution in [0.1, 0.15) is 18.6 Å². The number of thioether (sulfide) groups is 1. The van der Waals surface area contributed by atoms with Gasteiger partial charge in [0.15, 0.2) is 0 Å². The van der Waals surface area contributed by atoms with Crippen LogP contribution in [0.4, 0.5) is 0 Å². The molecule has 1 fully saturated rings. The molecule has 0 amide bonds. The van der Waals surface area contributed by atoms with Crippen molar-refractivity contribution >= 4 is 11.8 Å². The van der Waals surface area contributed by atoms with Crippen molar-refractivity contribution in [1.82, 2.24) is 10.5 Å². The van der Waals surface area contributed by atoms with Gasteiger partial charge < -0.3 is 9.84 Å². The largest absolute Gasteiger partial charge is 0.360 e. The highest BCUT2D eigenvalue weighted by molar-refractivity contribution is 7.99. The lowest BCUT2D eigenvalue weighted by molar-refractivity contribution is 0.362. The highest BCUT2D eigenvalue weighted by atomic mass is 32.2. The zero-order chi connectivity index (χ0) is 8.93. The second kappa shape index (κ2) is 4.67. The molecular formula is C9H14N2OS. The number of nitrogens with one attached hydrogen (secondary N) is 1. The summed E-state index contributed by atoms with van der Waals surface area (Å²) in [5.41, 5.74) is 0. The van der Waals surface area contributed by atoms with Crippen LogP contribution in [0.3, 0.4) is 0 Å². The topological polar surface area (TPSA) is 38.1 Å². The first-order chi connectivity index (χ1) is 6.45. The van der Waals surface area contributed by atoms with Gasteiger partial charge in [-0.25, -0.2) is 0 Å². The van der Waals surface area contributed by atoms with Crippen molar-refractivity contribution in [3.05, 3.63) is 18.0 Å². The summed E-state index contributed by atoms with van der Waals surface area (Å²) in [6.07, 6.45) is 4.31. The van der Waals surface area contributed by atoms with E-state index in [-0.39, 0.29) is 0 Å². The lowest BCUT2D eigenvalue weighted by Gasteiger charge is -2.21. The maximum absolute atomic E-state index is 5.01. The number of aromatic nitrogens is 1. The van der Waals surface area contributed by atoms with Crippen molar-refractivity contribution in [2.45, 2.75) is 25.4 Å². The van der Waals surface area contributed by atoms with Crippen LogP contribution in [0.15, 0.2) is 16.8 Å². The molecule has 1 N–H and O–H groups in total. The maximum Gasteiger partial charge on any atom is 0.150 e. The smallest absolute Gasteiger partial charge is 0.150 e. The molecule has 4 heteroatoms. The van der Waals surface area contributed by atoms with Gasteiger partial charge in [-0.3, -0.25) is 0 Å². The Bertz CT molecular complexity index is 232. The van der Waals surface area contributed by atoms with Crippen molar-refractivity contribution in [1.29, 1.82) is 0 Å². The summed E-state index contributed by atoms with van der Waals surface area (Å²) in [6.45, 7) is 0.811. The van der Waals surface area contributed by atoms with Gasteiger partial charge in [-0.05, 0) is 18.6 Å². The van der Waals surface area contributed by atoms with Gasteiger partial charge in [0.25, 0.3) is 0 Å². The van der Waals surface area contributed by atoms with Crippen LogP contribution in [0, 0.1) is 0 Å². The predicted molar refractivity (Wildman–Crippen MR) is 53.7 cm³/mol. The van der Waals surface area contributed by atoms with Crippen LogP contribution in [-0.2, 0) is 6.54 Å². The van der Waals surface area contributed by atoms with E-state index in [0.717, 1.165) is 12.3 Å². The van der Waals surface area contributed by atoms with Crippen molar-refractivity contribution in [3.63, 3.8) is 0 Å². The molecule has 1 aliphatic rings. The minimum absolute atomic E-state index is 0.656. The molecule has 13 heavy (non-hydrogen) atoms. The van der Waals surface area contributed by atoms with Gasteiger partial charge in [0, 0.05) is 17.9 Å². The molecule has 0 radical (unpaired) electrons. The highest BCUT2D eigenvalue weighted by Gasteiger charge is 2.13. The van der Waals surface area contributed by atoms with E-state index in [4.69, 9.17) is 4.52 Å². The third-order valence-corrected chi connectivity index (χ3v) is 3.43. The number of hydrogen-bond acceptors (Lipinski definition) is 4. The Hall–Kier alpha value is -0.480. The fourth-order valence-electron chi connectivity index (χ4n) is 1.48. The fraction of sp³-hybridized carbons (Fsp3) is 0.667. The van der Waals surface area contributed by atoms with Crippen LogP contribution < -0.4 is 5.32 Å². The molecule has 0 bridgehead atoms. The Morgan fingerprint density at radius 3 is 3.38 bits per heavy atom. The van der Waals surface area contributed by atoms with E-state index in [2.05, 4.69) is 10.5 Å². The van der Waals surface area contributed by atoms with E-state index in [9.17, 15) is 0 Å². The summed E-state index contributed by atoms with van der Waals surface area (Å²) < 4.78 is 5.01. The molecule has 2 rings (SSSR count). The predicted octanol–water partition coefficient (Wildman–Crippen LogP) is 1.66. The second-order valence-electron chi connectivity index (χ2n) is 3.27. The van der Waals surface area contributed by atoms with Gasteiger partial charge in [-0.1, -0.05) is 5.16 Å². The number of rotatable bonds is 3. The minimum Gasteiger partial charge on any atom is -0.360 e. The standard InChI is InChI=1S/C9H14N2OS/c1-2-8(7-13-5-1)10-6-9-3-4-11-12-9/h3-4,8,10H,1-2,5-7H2. The molecular weight excluding hydrogens is 184 g/mol. The Morgan fingerprint density at radius 1 is 1.69 bits per heavy atom. The van der Waals surface area contributed by atoms with Gasteiger partial charge in [0.1, 0.15) is 5.76 Å². The van der Waals surface area contributed by atoms with Gasteiger partial charge in [0.2, 0.25) is 0 Å². The van der Waals surface area contributed by atoms with Crippen LogP contribution >= 0.6 is 11.8 Å². The molecule has 2 heterocycles. The molecule has 1 saturated heterocycles. The number of hydrogen-bond donors (Lipinski definition) is 1. The Kier molecular flexibility index (Phi) is 3.27. The first kappa shape index (κ1) is 9.09. The van der Waals surface area contributed by atoms with Gasteiger partial charge in [-0.2, -0.15) is 11.8 Å². The van der Waals surface area contributed by atoms with E-state index < -0.39 is 0 Å². The Balaban J connectivity index is 1.72. The SMILES string of the molecule is c1cc(CNC2CCCSC2)on1. The lowest BCUT2D eigenvalue weighted by Crippen LogP contribution is -2.33. The molecule has 1 atom stereocenters. The Morgan fingerprint density at radius 2 is 2.69 bits per heavy atom. The fourth-order valence-corrected chi connectivity index (χ4v) is 2.59. The second-order valence-corrected chi connectivity index (χ2v) is 4.42. The summed E-state index contributed by atoms with van der Waals surface area (Å²) in [6, 6.07) is 2.56. The maximum atomic E-state index is 5.01. The van der Waals surface area contributed by atoms with Crippen LogP contribution in [0.25, 0.3) is 0 Å². The van der Waals surface area contributed by atoms with Crippen molar-refractivity contribution in [2.24, 2.45) is 0 Å². The molecule has 0 saturated carbocycles. The minimum atomic E-state index is 0.656. The van der Waals surface area contributed by atoms with E-state index in [1.165, 1.54) is 24.3 Å². The molecule has 0 aromatic carbocycles. The highest BCUT2D eigenvalue weighted by Crippen LogP contribution is 2.17. The molecule has 3 nitrogen and oxygen atoms in total.